The Morgan fingerprint density at radius 1 is 0.542 bits per heavy atom. The van der Waals surface area contributed by atoms with Gasteiger partial charge in [-0.3, -0.25) is 0 Å². The van der Waals surface area contributed by atoms with Crippen LogP contribution in [0.1, 0.15) is 131 Å². The molecule has 10 bridgehead atoms. The molecule has 2 saturated heterocycles. The second-order valence-electron chi connectivity index (χ2n) is 18.8. The van der Waals surface area contributed by atoms with Crippen molar-refractivity contribution in [3.8, 4) is 0 Å². The quantitative estimate of drug-likeness (QED) is 0.0959. The van der Waals surface area contributed by atoms with Crippen LogP contribution >= 0.6 is 0 Å². The first-order valence-corrected chi connectivity index (χ1v) is 31.3. The maximum absolute atomic E-state index is 6.95. The fourth-order valence-electron chi connectivity index (χ4n) is 11.1. The van der Waals surface area contributed by atoms with Crippen LogP contribution in [0.4, 0.5) is 0 Å². The minimum absolute atomic E-state index is 0.169. The molecule has 9 heterocycles. The Hall–Kier alpha value is -3.00. The number of unbranched alkanes of at least 4 members (excludes halogenated alkanes) is 3. The van der Waals surface area contributed by atoms with E-state index in [1.54, 1.807) is 18.9 Å². The zero-order chi connectivity index (χ0) is 40.6. The molecular weight excluding hydrogens is 831 g/mol. The molecule has 5 heteroatoms. The number of rotatable bonds is 11. The molecule has 1 atom stereocenters. The van der Waals surface area contributed by atoms with Crippen LogP contribution in [0, 0.1) is 0 Å². The molecule has 0 N–H and O–H groups in total. The molecular formula is C54H66O4Sn. The predicted octanol–water partition coefficient (Wildman–Crippen LogP) is 14.5. The van der Waals surface area contributed by atoms with Crippen LogP contribution in [-0.2, 0) is 36.9 Å². The van der Waals surface area contributed by atoms with Gasteiger partial charge in [-0.05, 0) is 33.9 Å². The number of benzene rings is 6. The molecule has 0 spiro atoms. The number of hydrogen-bond donors (Lipinski definition) is 0. The predicted molar refractivity (Wildman–Crippen MR) is 248 cm³/mol. The van der Waals surface area contributed by atoms with Gasteiger partial charge in [-0.1, -0.05) is 42.5 Å². The normalized spacial score (nSPS) is 25.0. The van der Waals surface area contributed by atoms with Gasteiger partial charge in [-0.2, -0.15) is 0 Å². The Kier molecular flexibility index (Phi) is 12.2. The maximum atomic E-state index is 6.95. The van der Waals surface area contributed by atoms with Gasteiger partial charge in [0.2, 0.25) is 0 Å². The van der Waals surface area contributed by atoms with Gasteiger partial charge in [-0.25, -0.2) is 0 Å². The molecule has 0 amide bonds. The first-order valence-electron chi connectivity index (χ1n) is 23.2. The second kappa shape index (κ2) is 17.4. The SMILES string of the molecule is CCC[CH2][Sn]([CH2]CCC)([CH2]CCC)[CH2]C1CCc2ccc(cc2)C2COC(C)(OC2)c2cc(c3ccc4cccc5ccc2c3c54)C2(C)OCC(CO2)c2ccc1cc2. The summed E-state index contributed by atoms with van der Waals surface area (Å²) in [7, 11) is 0. The Labute approximate surface area is 357 Å². The minimum atomic E-state index is -2.44. The summed E-state index contributed by atoms with van der Waals surface area (Å²) in [5, 5.41) is 7.27. The Balaban J connectivity index is 1.12. The summed E-state index contributed by atoms with van der Waals surface area (Å²) in [5.41, 5.74) is 7.65. The van der Waals surface area contributed by atoms with E-state index in [1.807, 2.05) is 0 Å². The van der Waals surface area contributed by atoms with Gasteiger partial charge in [-0.15, -0.1) is 0 Å². The molecule has 0 aromatic heterocycles. The third-order valence-electron chi connectivity index (χ3n) is 14.8. The number of ether oxygens (including phenoxy) is 4. The van der Waals surface area contributed by atoms with E-state index in [4.69, 9.17) is 18.9 Å². The summed E-state index contributed by atoms with van der Waals surface area (Å²) in [5.74, 6) is -0.920. The van der Waals surface area contributed by atoms with E-state index in [0.717, 1.165) is 28.3 Å². The molecule has 9 aliphatic rings. The van der Waals surface area contributed by atoms with Crippen molar-refractivity contribution < 1.29 is 18.9 Å². The van der Waals surface area contributed by atoms with E-state index < -0.39 is 30.0 Å². The van der Waals surface area contributed by atoms with Crippen LogP contribution in [-0.4, -0.2) is 44.8 Å². The molecule has 1 unspecified atom stereocenters. The number of aryl methyl sites for hydroxylation is 1. The Morgan fingerprint density at radius 3 is 1.47 bits per heavy atom. The van der Waals surface area contributed by atoms with E-state index >= 15 is 0 Å². The zero-order valence-corrected chi connectivity index (χ0v) is 39.3. The summed E-state index contributed by atoms with van der Waals surface area (Å²) in [6.45, 7) is 13.8. The Morgan fingerprint density at radius 2 is 1.00 bits per heavy atom. The molecule has 0 aliphatic carbocycles. The van der Waals surface area contributed by atoms with Crippen LogP contribution in [0.25, 0.3) is 32.3 Å². The number of hydrogen-bond acceptors (Lipinski definition) is 4. The van der Waals surface area contributed by atoms with Gasteiger partial charge >= 0.3 is 278 Å². The van der Waals surface area contributed by atoms with Gasteiger partial charge in [0, 0.05) is 5.56 Å². The average Bonchev–Trinajstić information content (AvgIpc) is 3.27. The summed E-state index contributed by atoms with van der Waals surface area (Å²) < 4.78 is 33.8. The fourth-order valence-corrected chi connectivity index (χ4v) is 28.7. The molecule has 59 heavy (non-hydrogen) atoms. The Bertz CT molecular complexity index is 2290. The van der Waals surface area contributed by atoms with Crippen molar-refractivity contribution in [2.45, 2.75) is 133 Å². The third-order valence-corrected chi connectivity index (χ3v) is 30.8. The van der Waals surface area contributed by atoms with Gasteiger partial charge < -0.3 is 0 Å². The van der Waals surface area contributed by atoms with Gasteiger partial charge in [0.1, 0.15) is 0 Å². The van der Waals surface area contributed by atoms with Crippen LogP contribution in [0.5, 0.6) is 0 Å². The van der Waals surface area contributed by atoms with Crippen molar-refractivity contribution >= 4 is 50.7 Å². The summed E-state index contributed by atoms with van der Waals surface area (Å²) in [6.07, 6.45) is 10.5. The molecule has 15 rings (SSSR count). The summed E-state index contributed by atoms with van der Waals surface area (Å²) in [6, 6.07) is 37.2. The molecule has 4 nitrogen and oxygen atoms in total. The van der Waals surface area contributed by atoms with E-state index in [0.29, 0.717) is 32.3 Å². The molecule has 0 radical (unpaired) electrons. The molecule has 2 fully saturated rings. The first kappa shape index (κ1) is 41.4. The standard InChI is InChI=1S/C42H39O4.3C4H9.Sn/c1-26-7-8-27-9-11-29(12-10-27)33-22-43-41(2,44-23-33)37-21-38(42(3)45-24-34(25-46-42)30-15-13-28(26)14-16-30)36-20-18-32-6-4-5-31-17-19-35(37)40(36)39(31)32;3*1-3-4-2;/h4-6,9-21,26,33-34H,1,7-8,22-25H2,2-3H3;3*1,3-4H2,2H3;. The van der Waals surface area contributed by atoms with Crippen molar-refractivity contribution in [2.24, 2.45) is 0 Å². The van der Waals surface area contributed by atoms with Crippen molar-refractivity contribution in [3.05, 3.63) is 130 Å². The van der Waals surface area contributed by atoms with Crippen molar-refractivity contribution in [1.82, 2.24) is 0 Å². The van der Waals surface area contributed by atoms with Crippen molar-refractivity contribution in [1.29, 1.82) is 0 Å². The van der Waals surface area contributed by atoms with Crippen molar-refractivity contribution in [2.75, 3.05) is 26.4 Å². The molecule has 0 saturated carbocycles. The average molecular weight is 898 g/mol. The second-order valence-corrected chi connectivity index (χ2v) is 32.8. The first-order chi connectivity index (χ1) is 28.8. The van der Waals surface area contributed by atoms with Crippen LogP contribution in [0.2, 0.25) is 17.7 Å². The van der Waals surface area contributed by atoms with Gasteiger partial charge in [0.05, 0.1) is 0 Å². The van der Waals surface area contributed by atoms with Gasteiger partial charge in [0.15, 0.2) is 0 Å². The van der Waals surface area contributed by atoms with Crippen LogP contribution in [0.15, 0.2) is 97.1 Å². The van der Waals surface area contributed by atoms with Crippen LogP contribution in [0.3, 0.4) is 0 Å². The third kappa shape index (κ3) is 8.11. The monoisotopic (exact) mass is 898 g/mol. The van der Waals surface area contributed by atoms with Crippen LogP contribution < -0.4 is 0 Å². The zero-order valence-electron chi connectivity index (χ0n) is 36.4. The molecule has 310 valence electrons. The van der Waals surface area contributed by atoms with E-state index in [-0.39, 0.29) is 11.8 Å². The van der Waals surface area contributed by atoms with E-state index in [2.05, 4.69) is 132 Å². The molecule has 6 aromatic carbocycles. The summed E-state index contributed by atoms with van der Waals surface area (Å²) >= 11 is -2.44. The summed E-state index contributed by atoms with van der Waals surface area (Å²) in [4.78, 5) is 0. The fraction of sp³-hybridized carbons (Fsp3) is 0.481. The molecule has 9 aliphatic heterocycles. The van der Waals surface area contributed by atoms with E-state index in [1.165, 1.54) is 87.6 Å². The van der Waals surface area contributed by atoms with Gasteiger partial charge in [0.25, 0.3) is 0 Å². The topological polar surface area (TPSA) is 36.9 Å². The molecule has 6 aromatic rings. The van der Waals surface area contributed by atoms with Crippen molar-refractivity contribution in [3.63, 3.8) is 0 Å². The van der Waals surface area contributed by atoms with E-state index in [9.17, 15) is 0 Å².